The first-order valence-corrected chi connectivity index (χ1v) is 8.30. The number of ether oxygens (including phenoxy) is 1. The Morgan fingerprint density at radius 3 is 2.81 bits per heavy atom. The molecule has 1 heterocycles. The molecular formula is C18H28N2O. The van der Waals surface area contributed by atoms with Crippen LogP contribution in [0.2, 0.25) is 0 Å². The van der Waals surface area contributed by atoms with E-state index < -0.39 is 0 Å². The minimum atomic E-state index is 0.138. The van der Waals surface area contributed by atoms with Crippen LogP contribution < -0.4 is 10.5 Å². The lowest BCUT2D eigenvalue weighted by atomic mass is 9.83. The van der Waals surface area contributed by atoms with Crippen LogP contribution in [0.25, 0.3) is 0 Å². The second-order valence-electron chi connectivity index (χ2n) is 6.89. The van der Waals surface area contributed by atoms with Crippen LogP contribution in [0.15, 0.2) is 18.2 Å². The molecule has 3 heteroatoms. The first-order chi connectivity index (χ1) is 10.1. The number of nitrogens with zero attached hydrogens (tertiary/aromatic N) is 1. The van der Waals surface area contributed by atoms with Crippen LogP contribution in [-0.2, 0) is 6.42 Å². The highest BCUT2D eigenvalue weighted by Crippen LogP contribution is 2.37. The lowest BCUT2D eigenvalue weighted by Crippen LogP contribution is -2.48. The predicted octanol–water partition coefficient (Wildman–Crippen LogP) is 3.13. The Morgan fingerprint density at radius 1 is 1.29 bits per heavy atom. The number of aryl methyl sites for hydroxylation is 1. The summed E-state index contributed by atoms with van der Waals surface area (Å²) in [5.74, 6) is 1.66. The number of likely N-dealkylation sites (tertiary alicyclic amines) is 1. The molecule has 0 aromatic heterocycles. The maximum atomic E-state index is 6.64. The van der Waals surface area contributed by atoms with Crippen LogP contribution in [-0.4, -0.2) is 30.6 Å². The number of hydrogen-bond donors (Lipinski definition) is 1. The molecular weight excluding hydrogens is 260 g/mol. The standard InChI is InChI=1S/C18H28N2O/c1-12(2)16-5-4-10-20(16)17-9-6-13-11-14(21-3)7-8-15(13)18(17)19/h7-8,11-12,16-18H,4-6,9-10,19H2,1-3H3. The number of hydrogen-bond acceptors (Lipinski definition) is 3. The average molecular weight is 288 g/mol. The van der Waals surface area contributed by atoms with E-state index >= 15 is 0 Å². The van der Waals surface area contributed by atoms with E-state index in [0.29, 0.717) is 12.1 Å². The summed E-state index contributed by atoms with van der Waals surface area (Å²) >= 11 is 0. The van der Waals surface area contributed by atoms with Gasteiger partial charge in [0.2, 0.25) is 0 Å². The van der Waals surface area contributed by atoms with E-state index in [9.17, 15) is 0 Å². The topological polar surface area (TPSA) is 38.5 Å². The highest BCUT2D eigenvalue weighted by atomic mass is 16.5. The Bertz CT molecular complexity index is 500. The number of rotatable bonds is 3. The third-order valence-corrected chi connectivity index (χ3v) is 5.37. The summed E-state index contributed by atoms with van der Waals surface area (Å²) in [7, 11) is 1.73. The molecule has 0 saturated carbocycles. The van der Waals surface area contributed by atoms with E-state index in [4.69, 9.17) is 10.5 Å². The van der Waals surface area contributed by atoms with Gasteiger partial charge in [-0.25, -0.2) is 0 Å². The normalized spacial score (nSPS) is 29.7. The monoisotopic (exact) mass is 288 g/mol. The van der Waals surface area contributed by atoms with Gasteiger partial charge in [-0.1, -0.05) is 19.9 Å². The number of fused-ring (bicyclic) bond motifs is 1. The highest BCUT2D eigenvalue weighted by molar-refractivity contribution is 5.40. The fourth-order valence-corrected chi connectivity index (χ4v) is 4.26. The van der Waals surface area contributed by atoms with E-state index in [0.717, 1.165) is 18.1 Å². The van der Waals surface area contributed by atoms with Crippen LogP contribution in [0, 0.1) is 5.92 Å². The van der Waals surface area contributed by atoms with Crippen molar-refractivity contribution < 1.29 is 4.74 Å². The van der Waals surface area contributed by atoms with Crippen molar-refractivity contribution in [1.29, 1.82) is 0 Å². The first kappa shape index (κ1) is 14.9. The summed E-state index contributed by atoms with van der Waals surface area (Å²) in [4.78, 5) is 2.70. The van der Waals surface area contributed by atoms with Crippen molar-refractivity contribution in [2.75, 3.05) is 13.7 Å². The van der Waals surface area contributed by atoms with Crippen molar-refractivity contribution in [3.63, 3.8) is 0 Å². The fraction of sp³-hybridized carbons (Fsp3) is 0.667. The Balaban J connectivity index is 1.83. The molecule has 0 amide bonds. The predicted molar refractivity (Wildman–Crippen MR) is 86.6 cm³/mol. The van der Waals surface area contributed by atoms with Gasteiger partial charge in [0, 0.05) is 18.1 Å². The SMILES string of the molecule is COc1ccc2c(c1)CCC(N1CCCC1C(C)C)C2N. The van der Waals surface area contributed by atoms with Crippen molar-refractivity contribution in [3.05, 3.63) is 29.3 Å². The van der Waals surface area contributed by atoms with Gasteiger partial charge in [-0.3, -0.25) is 4.90 Å². The first-order valence-electron chi connectivity index (χ1n) is 8.30. The zero-order chi connectivity index (χ0) is 15.0. The van der Waals surface area contributed by atoms with Gasteiger partial charge in [-0.05, 0) is 61.4 Å². The molecule has 1 saturated heterocycles. The lowest BCUT2D eigenvalue weighted by molar-refractivity contribution is 0.114. The molecule has 0 bridgehead atoms. The average Bonchev–Trinajstić information content (AvgIpc) is 2.96. The zero-order valence-corrected chi connectivity index (χ0v) is 13.5. The number of methoxy groups -OCH3 is 1. The summed E-state index contributed by atoms with van der Waals surface area (Å²) in [5, 5.41) is 0. The molecule has 2 N–H and O–H groups in total. The van der Waals surface area contributed by atoms with E-state index in [-0.39, 0.29) is 6.04 Å². The smallest absolute Gasteiger partial charge is 0.119 e. The highest BCUT2D eigenvalue weighted by Gasteiger charge is 2.38. The van der Waals surface area contributed by atoms with Gasteiger partial charge in [0.05, 0.1) is 7.11 Å². The minimum Gasteiger partial charge on any atom is -0.497 e. The Labute approximate surface area is 128 Å². The van der Waals surface area contributed by atoms with Gasteiger partial charge < -0.3 is 10.5 Å². The fourth-order valence-electron chi connectivity index (χ4n) is 4.26. The third kappa shape index (κ3) is 2.69. The lowest BCUT2D eigenvalue weighted by Gasteiger charge is -2.41. The van der Waals surface area contributed by atoms with Gasteiger partial charge >= 0.3 is 0 Å². The molecule has 21 heavy (non-hydrogen) atoms. The van der Waals surface area contributed by atoms with Crippen molar-refractivity contribution in [2.45, 2.75) is 57.7 Å². The van der Waals surface area contributed by atoms with Gasteiger partial charge in [0.25, 0.3) is 0 Å². The number of benzene rings is 1. The second kappa shape index (κ2) is 5.98. The summed E-state index contributed by atoms with van der Waals surface area (Å²) in [6, 6.07) is 7.73. The van der Waals surface area contributed by atoms with Crippen LogP contribution in [0.5, 0.6) is 5.75 Å². The molecule has 2 aliphatic rings. The van der Waals surface area contributed by atoms with E-state index in [1.54, 1.807) is 7.11 Å². The Morgan fingerprint density at radius 2 is 2.10 bits per heavy atom. The Hall–Kier alpha value is -1.06. The maximum Gasteiger partial charge on any atom is 0.119 e. The van der Waals surface area contributed by atoms with Gasteiger partial charge in [-0.15, -0.1) is 0 Å². The number of nitrogens with two attached hydrogens (primary N) is 1. The molecule has 1 aliphatic heterocycles. The summed E-state index contributed by atoms with van der Waals surface area (Å²) in [6.07, 6.45) is 4.94. The van der Waals surface area contributed by atoms with Crippen molar-refractivity contribution in [2.24, 2.45) is 11.7 Å². The van der Waals surface area contributed by atoms with Crippen LogP contribution in [0.1, 0.15) is 50.3 Å². The molecule has 116 valence electrons. The molecule has 1 fully saturated rings. The minimum absolute atomic E-state index is 0.138. The van der Waals surface area contributed by atoms with E-state index in [1.807, 2.05) is 6.07 Å². The molecule has 3 rings (SSSR count). The van der Waals surface area contributed by atoms with Crippen LogP contribution in [0.3, 0.4) is 0 Å². The van der Waals surface area contributed by atoms with E-state index in [2.05, 4.69) is 30.9 Å². The Kier molecular flexibility index (Phi) is 4.23. The third-order valence-electron chi connectivity index (χ3n) is 5.37. The van der Waals surface area contributed by atoms with E-state index in [1.165, 1.54) is 36.9 Å². The van der Waals surface area contributed by atoms with Crippen molar-refractivity contribution >= 4 is 0 Å². The molecule has 0 spiro atoms. The van der Waals surface area contributed by atoms with Crippen molar-refractivity contribution in [3.8, 4) is 5.75 Å². The van der Waals surface area contributed by atoms with Gasteiger partial charge in [0.1, 0.15) is 5.75 Å². The molecule has 1 aliphatic carbocycles. The summed E-state index contributed by atoms with van der Waals surface area (Å²) < 4.78 is 5.34. The molecule has 1 aromatic carbocycles. The maximum absolute atomic E-state index is 6.64. The molecule has 0 radical (unpaired) electrons. The van der Waals surface area contributed by atoms with Gasteiger partial charge in [-0.2, -0.15) is 0 Å². The second-order valence-corrected chi connectivity index (χ2v) is 6.89. The molecule has 3 atom stereocenters. The molecule has 1 aromatic rings. The van der Waals surface area contributed by atoms with Gasteiger partial charge in [0.15, 0.2) is 0 Å². The quantitative estimate of drug-likeness (QED) is 0.928. The van der Waals surface area contributed by atoms with Crippen LogP contribution >= 0.6 is 0 Å². The molecule has 3 nitrogen and oxygen atoms in total. The van der Waals surface area contributed by atoms with Crippen LogP contribution in [0.4, 0.5) is 0 Å². The zero-order valence-electron chi connectivity index (χ0n) is 13.5. The largest absolute Gasteiger partial charge is 0.497 e. The summed E-state index contributed by atoms with van der Waals surface area (Å²) in [6.45, 7) is 5.90. The summed E-state index contributed by atoms with van der Waals surface area (Å²) in [5.41, 5.74) is 9.34. The molecule has 3 unspecified atom stereocenters. The van der Waals surface area contributed by atoms with Crippen molar-refractivity contribution in [1.82, 2.24) is 4.90 Å².